The van der Waals surface area contributed by atoms with Crippen LogP contribution in [0, 0.1) is 11.8 Å². The van der Waals surface area contributed by atoms with Crippen molar-refractivity contribution in [2.45, 2.75) is 13.0 Å². The molecule has 1 aliphatic heterocycles. The maximum absolute atomic E-state index is 14.3. The van der Waals surface area contributed by atoms with Gasteiger partial charge in [-0.1, -0.05) is 0 Å². The summed E-state index contributed by atoms with van der Waals surface area (Å²) in [7, 11) is 0. The second-order valence-corrected chi connectivity index (χ2v) is 6.44. The molecule has 0 atom stereocenters. The van der Waals surface area contributed by atoms with E-state index in [1.165, 1.54) is 12.3 Å². The van der Waals surface area contributed by atoms with Crippen LogP contribution in [-0.2, 0) is 13.0 Å². The summed E-state index contributed by atoms with van der Waals surface area (Å²) in [5.74, 6) is 0.348. The van der Waals surface area contributed by atoms with E-state index in [4.69, 9.17) is 4.74 Å². The Morgan fingerprint density at radius 3 is 2.93 bits per heavy atom. The Morgan fingerprint density at radius 2 is 2.04 bits per heavy atom. The molecule has 1 N–H and O–H groups in total. The lowest BCUT2D eigenvalue weighted by Gasteiger charge is -2.13. The van der Waals surface area contributed by atoms with E-state index >= 15 is 0 Å². The largest absolute Gasteiger partial charge is 0.493 e. The lowest BCUT2D eigenvalue weighted by Crippen LogP contribution is -2.09. The average molecular weight is 379 g/mol. The minimum atomic E-state index is -0.574. The highest BCUT2D eigenvalue weighted by molar-refractivity contribution is 5.80. The molecule has 0 saturated carbocycles. The van der Waals surface area contributed by atoms with Crippen molar-refractivity contribution in [1.29, 1.82) is 0 Å². The van der Waals surface area contributed by atoms with Gasteiger partial charge in [0, 0.05) is 47.6 Å². The normalized spacial score (nSPS) is 12.8. The van der Waals surface area contributed by atoms with Crippen molar-refractivity contribution in [3.63, 3.8) is 0 Å². The number of ether oxygens (including phenoxy) is 1. The second-order valence-electron chi connectivity index (χ2n) is 6.44. The molecule has 140 valence electrons. The minimum Gasteiger partial charge on any atom is -0.493 e. The number of benzene rings is 1. The van der Waals surface area contributed by atoms with Gasteiger partial charge in [0.1, 0.15) is 17.9 Å². The zero-order chi connectivity index (χ0) is 19.1. The van der Waals surface area contributed by atoms with Gasteiger partial charge in [0.25, 0.3) is 0 Å². The van der Waals surface area contributed by atoms with Crippen LogP contribution in [0.3, 0.4) is 0 Å². The van der Waals surface area contributed by atoms with Gasteiger partial charge in [0.05, 0.1) is 18.3 Å². The van der Waals surface area contributed by atoms with Gasteiger partial charge in [0.15, 0.2) is 0 Å². The first-order valence-electron chi connectivity index (χ1n) is 8.81. The Balaban J connectivity index is 1.51. The van der Waals surface area contributed by atoms with Crippen LogP contribution >= 0.6 is 0 Å². The van der Waals surface area contributed by atoms with Crippen molar-refractivity contribution in [3.05, 3.63) is 72.1 Å². The topological polar surface area (TPSA) is 64.3 Å². The molecular formula is C20H15F2N5O. The molecule has 0 radical (unpaired) electrons. The molecular weight excluding hydrogens is 364 g/mol. The lowest BCUT2D eigenvalue weighted by atomic mass is 10.0. The van der Waals surface area contributed by atoms with Crippen molar-refractivity contribution >= 4 is 11.5 Å². The molecule has 3 aromatic heterocycles. The minimum absolute atomic E-state index is 0.249. The molecule has 4 aromatic rings. The third kappa shape index (κ3) is 2.65. The van der Waals surface area contributed by atoms with E-state index in [1.807, 2.05) is 0 Å². The molecule has 0 spiro atoms. The summed E-state index contributed by atoms with van der Waals surface area (Å²) < 4.78 is 35.7. The standard InChI is InChI=1S/C20H15F2N5O/c21-16-3-4-18-12(5-7-28-18)14(16)8-25-20-26-9-15(17-10-23-11-27(17)20)13-2-1-6-24-19(13)22/h1-4,6,9-11H,5,7-8H2,(H,25,26). The van der Waals surface area contributed by atoms with E-state index in [1.54, 1.807) is 41.3 Å². The van der Waals surface area contributed by atoms with E-state index in [0.717, 1.165) is 11.3 Å². The number of nitrogens with one attached hydrogen (secondary N) is 1. The Morgan fingerprint density at radius 1 is 1.11 bits per heavy atom. The lowest BCUT2D eigenvalue weighted by molar-refractivity contribution is 0.356. The van der Waals surface area contributed by atoms with E-state index < -0.39 is 5.95 Å². The average Bonchev–Trinajstić information content (AvgIpc) is 3.37. The summed E-state index contributed by atoms with van der Waals surface area (Å²) in [5, 5.41) is 3.16. The first-order valence-corrected chi connectivity index (χ1v) is 8.81. The fourth-order valence-corrected chi connectivity index (χ4v) is 3.52. The molecule has 0 amide bonds. The summed E-state index contributed by atoms with van der Waals surface area (Å²) in [6.45, 7) is 0.806. The summed E-state index contributed by atoms with van der Waals surface area (Å²) >= 11 is 0. The highest BCUT2D eigenvalue weighted by atomic mass is 19.1. The third-order valence-corrected chi connectivity index (χ3v) is 4.87. The van der Waals surface area contributed by atoms with Crippen LogP contribution in [0.5, 0.6) is 5.75 Å². The quantitative estimate of drug-likeness (QED) is 0.549. The molecule has 1 aliphatic rings. The van der Waals surface area contributed by atoms with E-state index in [9.17, 15) is 8.78 Å². The highest BCUT2D eigenvalue weighted by Crippen LogP contribution is 2.31. The SMILES string of the molecule is Fc1ccc2c(c1CNc1ncc(-c3cccnc3F)c3cncn13)CCO2. The van der Waals surface area contributed by atoms with E-state index in [0.29, 0.717) is 41.2 Å². The van der Waals surface area contributed by atoms with Crippen LogP contribution < -0.4 is 10.1 Å². The summed E-state index contributed by atoms with van der Waals surface area (Å²) in [4.78, 5) is 12.2. The van der Waals surface area contributed by atoms with Gasteiger partial charge >= 0.3 is 0 Å². The predicted octanol–water partition coefficient (Wildman–Crippen LogP) is 3.62. The number of imidazole rings is 1. The Hall–Kier alpha value is -3.55. The number of hydrogen-bond donors (Lipinski definition) is 1. The number of halogens is 2. The molecule has 28 heavy (non-hydrogen) atoms. The summed E-state index contributed by atoms with van der Waals surface area (Å²) in [6, 6.07) is 6.38. The maximum Gasteiger partial charge on any atom is 0.220 e. The summed E-state index contributed by atoms with van der Waals surface area (Å²) in [5.41, 5.74) is 3.03. The van der Waals surface area contributed by atoms with Crippen LogP contribution in [0.15, 0.2) is 49.2 Å². The van der Waals surface area contributed by atoms with Gasteiger partial charge in [-0.15, -0.1) is 0 Å². The molecule has 0 unspecified atom stereocenters. The molecule has 0 bridgehead atoms. The molecule has 0 aliphatic carbocycles. The summed E-state index contributed by atoms with van der Waals surface area (Å²) in [6.07, 6.45) is 6.85. The highest BCUT2D eigenvalue weighted by Gasteiger charge is 2.20. The van der Waals surface area contributed by atoms with Crippen molar-refractivity contribution in [1.82, 2.24) is 19.4 Å². The Labute approximate surface area is 158 Å². The Bertz CT molecular complexity index is 1190. The number of nitrogens with zero attached hydrogens (tertiary/aromatic N) is 4. The zero-order valence-electron chi connectivity index (χ0n) is 14.7. The van der Waals surface area contributed by atoms with Gasteiger partial charge in [-0.05, 0) is 24.3 Å². The Kier molecular flexibility index (Phi) is 3.89. The van der Waals surface area contributed by atoms with Crippen LogP contribution in [0.1, 0.15) is 11.1 Å². The number of hydrogen-bond acceptors (Lipinski definition) is 5. The molecule has 0 saturated heterocycles. The molecule has 8 heteroatoms. The van der Waals surface area contributed by atoms with Crippen molar-refractivity contribution in [2.75, 3.05) is 11.9 Å². The van der Waals surface area contributed by atoms with E-state index in [-0.39, 0.29) is 12.4 Å². The van der Waals surface area contributed by atoms with Crippen LogP contribution in [0.4, 0.5) is 14.7 Å². The van der Waals surface area contributed by atoms with Gasteiger partial charge in [-0.25, -0.2) is 19.3 Å². The van der Waals surface area contributed by atoms with Crippen LogP contribution in [0.25, 0.3) is 16.6 Å². The monoisotopic (exact) mass is 379 g/mol. The van der Waals surface area contributed by atoms with Crippen LogP contribution in [0.2, 0.25) is 0 Å². The number of fused-ring (bicyclic) bond motifs is 2. The number of pyridine rings is 1. The molecule has 5 rings (SSSR count). The number of aromatic nitrogens is 4. The molecule has 6 nitrogen and oxygen atoms in total. The molecule has 1 aromatic carbocycles. The molecule has 4 heterocycles. The maximum atomic E-state index is 14.3. The van der Waals surface area contributed by atoms with Crippen LogP contribution in [-0.4, -0.2) is 26.0 Å². The number of rotatable bonds is 4. The fourth-order valence-electron chi connectivity index (χ4n) is 3.52. The smallest absolute Gasteiger partial charge is 0.220 e. The first-order chi connectivity index (χ1) is 13.7. The van der Waals surface area contributed by atoms with Crippen molar-refractivity contribution in [3.8, 4) is 16.9 Å². The number of anilines is 1. The predicted molar refractivity (Wildman–Crippen MR) is 99.1 cm³/mol. The zero-order valence-corrected chi connectivity index (χ0v) is 14.7. The van der Waals surface area contributed by atoms with Crippen molar-refractivity contribution in [2.24, 2.45) is 0 Å². The third-order valence-electron chi connectivity index (χ3n) is 4.87. The van der Waals surface area contributed by atoms with Gasteiger partial charge < -0.3 is 10.1 Å². The second kappa shape index (κ2) is 6.56. The first kappa shape index (κ1) is 16.6. The fraction of sp³-hybridized carbons (Fsp3) is 0.150. The van der Waals surface area contributed by atoms with Gasteiger partial charge in [-0.3, -0.25) is 4.40 Å². The van der Waals surface area contributed by atoms with Gasteiger partial charge in [-0.2, -0.15) is 4.39 Å². The molecule has 0 fully saturated rings. The van der Waals surface area contributed by atoms with E-state index in [2.05, 4.69) is 20.3 Å². The van der Waals surface area contributed by atoms with Gasteiger partial charge in [0.2, 0.25) is 11.9 Å². The van der Waals surface area contributed by atoms with Crippen molar-refractivity contribution < 1.29 is 13.5 Å².